The molecule has 1 aliphatic heterocycles. The molecule has 4 heteroatoms. The second-order valence-corrected chi connectivity index (χ2v) is 20.5. The van der Waals surface area contributed by atoms with Gasteiger partial charge in [0.15, 0.2) is 0 Å². The summed E-state index contributed by atoms with van der Waals surface area (Å²) in [6, 6.07) is 23.1. The number of benzene rings is 4. The fourth-order valence-corrected chi connectivity index (χ4v) is 19.8. The van der Waals surface area contributed by atoms with Gasteiger partial charge in [-0.25, -0.2) is 0 Å². The van der Waals surface area contributed by atoms with Gasteiger partial charge in [-0.2, -0.15) is 0 Å². The van der Waals surface area contributed by atoms with E-state index < -0.39 is 5.15 Å². The SMILES string of the molecule is Cc1cc(C)c(B2[Se][P+]([S-])(c3c(C)cc(C)cc3C)c3cccc4cccc2c34)c(C)c1. The van der Waals surface area contributed by atoms with Crippen LogP contribution in [0.25, 0.3) is 10.8 Å². The summed E-state index contributed by atoms with van der Waals surface area (Å²) in [6.07, 6.45) is 0. The molecular formula is C28H28BPSSe. The molecule has 0 radical (unpaired) electrons. The van der Waals surface area contributed by atoms with Gasteiger partial charge in [0.1, 0.15) is 0 Å². The molecule has 0 N–H and O–H groups in total. The zero-order valence-corrected chi connectivity index (χ0v) is 23.0. The fourth-order valence-electron chi connectivity index (χ4n) is 5.70. The Morgan fingerprint density at radius 2 is 1.25 bits per heavy atom. The van der Waals surface area contributed by atoms with Crippen LogP contribution in [0, 0.1) is 41.5 Å². The normalized spacial score (nSPS) is 17.8. The Labute approximate surface area is 204 Å². The molecule has 0 bridgehead atoms. The first-order valence-electron chi connectivity index (χ1n) is 11.2. The van der Waals surface area contributed by atoms with Crippen LogP contribution in [0.1, 0.15) is 33.4 Å². The third-order valence-corrected chi connectivity index (χ3v) is 18.6. The summed E-state index contributed by atoms with van der Waals surface area (Å²) in [7, 11) is 0. The topological polar surface area (TPSA) is 0 Å². The van der Waals surface area contributed by atoms with Crippen LogP contribution in [0.15, 0.2) is 60.7 Å². The van der Waals surface area contributed by atoms with E-state index in [9.17, 15) is 0 Å². The van der Waals surface area contributed by atoms with Crippen molar-refractivity contribution in [2.45, 2.75) is 41.5 Å². The van der Waals surface area contributed by atoms with Gasteiger partial charge >= 0.3 is 205 Å². The van der Waals surface area contributed by atoms with Crippen LogP contribution in [0.4, 0.5) is 0 Å². The first-order chi connectivity index (χ1) is 15.2. The van der Waals surface area contributed by atoms with Crippen LogP contribution in [-0.2, 0) is 12.2 Å². The van der Waals surface area contributed by atoms with Crippen molar-refractivity contribution in [3.63, 3.8) is 0 Å². The predicted molar refractivity (Wildman–Crippen MR) is 150 cm³/mol. The molecule has 160 valence electrons. The Bertz CT molecular complexity index is 1340. The van der Waals surface area contributed by atoms with E-state index in [1.807, 2.05) is 0 Å². The first kappa shape index (κ1) is 22.3. The molecule has 0 aliphatic carbocycles. The molecule has 1 aliphatic rings. The number of hydrogen-bond donors (Lipinski definition) is 0. The zero-order valence-electron chi connectivity index (χ0n) is 19.6. The molecule has 0 saturated carbocycles. The van der Waals surface area contributed by atoms with Crippen molar-refractivity contribution in [1.82, 2.24) is 0 Å². The Morgan fingerprint density at radius 3 is 1.84 bits per heavy atom. The van der Waals surface area contributed by atoms with E-state index >= 15 is 0 Å². The van der Waals surface area contributed by atoms with Crippen LogP contribution >= 0.6 is 5.15 Å². The molecule has 0 nitrogen and oxygen atoms in total. The van der Waals surface area contributed by atoms with Crippen molar-refractivity contribution in [3.8, 4) is 0 Å². The molecule has 0 saturated heterocycles. The average molecular weight is 517 g/mol. The van der Waals surface area contributed by atoms with E-state index in [2.05, 4.69) is 102 Å². The number of aryl methyl sites for hydroxylation is 6. The van der Waals surface area contributed by atoms with Gasteiger partial charge in [0, 0.05) is 0 Å². The molecule has 0 fully saturated rings. The van der Waals surface area contributed by atoms with Crippen LogP contribution in [0.2, 0.25) is 0 Å². The molecule has 1 unspecified atom stereocenters. The molecule has 5 rings (SSSR count). The summed E-state index contributed by atoms with van der Waals surface area (Å²) in [5.74, 6) is 0. The van der Waals surface area contributed by atoms with Crippen molar-refractivity contribution in [2.24, 2.45) is 0 Å². The first-order valence-corrected chi connectivity index (χ1v) is 17.2. The molecule has 4 aromatic rings. The predicted octanol–water partition coefficient (Wildman–Crippen LogP) is 4.86. The Balaban J connectivity index is 1.88. The Kier molecular flexibility index (Phi) is 5.62. The second kappa shape index (κ2) is 8.07. The summed E-state index contributed by atoms with van der Waals surface area (Å²) in [5.41, 5.74) is 11.6. The monoisotopic (exact) mass is 518 g/mol. The van der Waals surface area contributed by atoms with Crippen molar-refractivity contribution < 1.29 is 0 Å². The van der Waals surface area contributed by atoms with Gasteiger partial charge in [0.25, 0.3) is 0 Å². The third kappa shape index (κ3) is 3.41. The molecule has 0 amide bonds. The molecule has 32 heavy (non-hydrogen) atoms. The van der Waals surface area contributed by atoms with Gasteiger partial charge in [0.2, 0.25) is 0 Å². The quantitative estimate of drug-likeness (QED) is 0.208. The summed E-state index contributed by atoms with van der Waals surface area (Å²) < 4.78 is 0. The molecule has 0 aromatic heterocycles. The number of rotatable bonds is 2. The molecule has 1 atom stereocenters. The number of hydrogen-bond acceptors (Lipinski definition) is 1. The van der Waals surface area contributed by atoms with Gasteiger partial charge in [-0.3, -0.25) is 0 Å². The van der Waals surface area contributed by atoms with Gasteiger partial charge < -0.3 is 0 Å². The maximum absolute atomic E-state index is 6.85. The summed E-state index contributed by atoms with van der Waals surface area (Å²) in [4.78, 5) is 0. The Morgan fingerprint density at radius 1 is 0.719 bits per heavy atom. The van der Waals surface area contributed by atoms with Crippen LogP contribution in [-0.4, -0.2) is 19.9 Å². The fraction of sp³-hybridized carbons (Fsp3) is 0.214. The molecule has 0 spiro atoms. The van der Waals surface area contributed by atoms with Gasteiger partial charge in [-0.15, -0.1) is 0 Å². The standard InChI is InChI=1S/C28H28BPSSe/c1-17-13-19(3)27(20(4)14-17)29-24-11-7-9-23-10-8-12-25(26(23)24)30(31,32-29)28-21(5)15-18(2)16-22(28)6/h7-16H,1-6H3. The average Bonchev–Trinajstić information content (AvgIpc) is 2.70. The minimum absolute atomic E-state index is 0.251. The van der Waals surface area contributed by atoms with E-state index in [4.69, 9.17) is 12.2 Å². The van der Waals surface area contributed by atoms with Crippen molar-refractivity contribution in [2.75, 3.05) is 0 Å². The molecule has 1 heterocycles. The zero-order chi connectivity index (χ0) is 22.8. The van der Waals surface area contributed by atoms with E-state index in [-0.39, 0.29) is 14.3 Å². The van der Waals surface area contributed by atoms with Gasteiger partial charge in [-0.05, 0) is 0 Å². The van der Waals surface area contributed by atoms with Crippen molar-refractivity contribution in [1.29, 1.82) is 0 Å². The van der Waals surface area contributed by atoms with Crippen LogP contribution in [0.3, 0.4) is 0 Å². The minimum atomic E-state index is -1.95. The van der Waals surface area contributed by atoms with Crippen molar-refractivity contribution >= 4 is 69.6 Å². The summed E-state index contributed by atoms with van der Waals surface area (Å²) in [5, 5.41) is 3.72. The van der Waals surface area contributed by atoms with Crippen LogP contribution in [0.5, 0.6) is 0 Å². The van der Waals surface area contributed by atoms with Crippen LogP contribution < -0.4 is 21.5 Å². The van der Waals surface area contributed by atoms with E-state index in [1.54, 1.807) is 0 Å². The van der Waals surface area contributed by atoms with Gasteiger partial charge in [0.05, 0.1) is 0 Å². The molecular weight excluding hydrogens is 489 g/mol. The second-order valence-electron chi connectivity index (χ2n) is 9.32. The van der Waals surface area contributed by atoms with Crippen molar-refractivity contribution in [3.05, 3.63) is 94.0 Å². The van der Waals surface area contributed by atoms with E-state index in [0.717, 1.165) is 0 Å². The summed E-state index contributed by atoms with van der Waals surface area (Å²) in [6.45, 7) is 13.5. The third-order valence-electron chi connectivity index (χ3n) is 6.70. The Hall–Kier alpha value is -1.50. The maximum atomic E-state index is 6.85. The van der Waals surface area contributed by atoms with E-state index in [0.29, 0.717) is 5.53 Å². The summed E-state index contributed by atoms with van der Waals surface area (Å²) >= 11 is 7.11. The van der Waals surface area contributed by atoms with Gasteiger partial charge in [-0.1, -0.05) is 0 Å². The molecule has 4 aromatic carbocycles. The van der Waals surface area contributed by atoms with E-state index in [1.165, 1.54) is 65.7 Å².